The Morgan fingerprint density at radius 2 is 1.95 bits per heavy atom. The molecule has 0 unspecified atom stereocenters. The van der Waals surface area contributed by atoms with Crippen molar-refractivity contribution < 1.29 is 8.42 Å². The van der Waals surface area contributed by atoms with Crippen LogP contribution in [0.4, 0.5) is 5.69 Å². The molecule has 108 valence electrons. The predicted octanol–water partition coefficient (Wildman–Crippen LogP) is 3.42. The van der Waals surface area contributed by atoms with Gasteiger partial charge in [0.25, 0.3) is 10.0 Å². The van der Waals surface area contributed by atoms with Gasteiger partial charge in [0.1, 0.15) is 4.90 Å². The molecule has 7 heteroatoms. The molecular formula is C13H15BrN2O2S2. The maximum Gasteiger partial charge on any atom is 0.263 e. The largest absolute Gasteiger partial charge is 0.312 e. The van der Waals surface area contributed by atoms with Gasteiger partial charge in [-0.3, -0.25) is 4.72 Å². The summed E-state index contributed by atoms with van der Waals surface area (Å²) in [4.78, 5) is 1.26. The van der Waals surface area contributed by atoms with Crippen LogP contribution in [0.15, 0.2) is 45.1 Å². The second-order valence-electron chi connectivity index (χ2n) is 4.10. The van der Waals surface area contributed by atoms with E-state index < -0.39 is 10.0 Å². The quantitative estimate of drug-likeness (QED) is 0.814. The molecule has 0 radical (unpaired) electrons. The summed E-state index contributed by atoms with van der Waals surface area (Å²) in [6, 6.07) is 10.6. The van der Waals surface area contributed by atoms with Crippen molar-refractivity contribution in [1.82, 2.24) is 5.32 Å². The number of anilines is 1. The van der Waals surface area contributed by atoms with E-state index in [4.69, 9.17) is 0 Å². The lowest BCUT2D eigenvalue weighted by Crippen LogP contribution is -2.13. The highest BCUT2D eigenvalue weighted by Crippen LogP contribution is 2.32. The van der Waals surface area contributed by atoms with E-state index in [1.54, 1.807) is 30.3 Å². The van der Waals surface area contributed by atoms with Crippen molar-refractivity contribution in [1.29, 1.82) is 0 Å². The Hall–Kier alpha value is -0.890. The first-order chi connectivity index (χ1) is 9.53. The van der Waals surface area contributed by atoms with Crippen molar-refractivity contribution in [2.45, 2.75) is 18.4 Å². The zero-order valence-corrected chi connectivity index (χ0v) is 14.1. The summed E-state index contributed by atoms with van der Waals surface area (Å²) in [5.74, 6) is 0. The molecule has 1 heterocycles. The van der Waals surface area contributed by atoms with Crippen molar-refractivity contribution in [2.75, 3.05) is 11.3 Å². The summed E-state index contributed by atoms with van der Waals surface area (Å²) in [6.07, 6.45) is 0. The van der Waals surface area contributed by atoms with E-state index in [-0.39, 0.29) is 4.90 Å². The standard InChI is InChI=1S/C13H15BrN2O2S2/c1-2-15-9-11-8-12(13(14)19-11)20(17,18)16-10-6-4-3-5-7-10/h3-8,15-16H,2,9H2,1H3. The Kier molecular flexibility index (Phi) is 5.20. The molecule has 0 saturated carbocycles. The van der Waals surface area contributed by atoms with Crippen molar-refractivity contribution in [3.05, 3.63) is 45.1 Å². The molecule has 2 N–H and O–H groups in total. The van der Waals surface area contributed by atoms with Crippen molar-refractivity contribution in [3.63, 3.8) is 0 Å². The summed E-state index contributed by atoms with van der Waals surface area (Å²) < 4.78 is 27.9. The lowest BCUT2D eigenvalue weighted by molar-refractivity contribution is 0.601. The van der Waals surface area contributed by atoms with Crippen LogP contribution in [0.5, 0.6) is 0 Å². The SMILES string of the molecule is CCNCc1cc(S(=O)(=O)Nc2ccccc2)c(Br)s1. The van der Waals surface area contributed by atoms with Crippen LogP contribution >= 0.6 is 27.3 Å². The van der Waals surface area contributed by atoms with Crippen molar-refractivity contribution in [3.8, 4) is 0 Å². The molecule has 0 aliphatic rings. The van der Waals surface area contributed by atoms with Crippen molar-refractivity contribution >= 4 is 43.0 Å². The number of sulfonamides is 1. The fraction of sp³-hybridized carbons (Fsp3) is 0.231. The molecule has 4 nitrogen and oxygen atoms in total. The summed E-state index contributed by atoms with van der Waals surface area (Å²) >= 11 is 4.76. The Morgan fingerprint density at radius 1 is 1.25 bits per heavy atom. The predicted molar refractivity (Wildman–Crippen MR) is 86.7 cm³/mol. The first-order valence-corrected chi connectivity index (χ1v) is 9.19. The number of rotatable bonds is 6. The van der Waals surface area contributed by atoms with Gasteiger partial charge in [-0.05, 0) is 40.7 Å². The molecule has 0 aliphatic heterocycles. The van der Waals surface area contributed by atoms with Gasteiger partial charge in [0.05, 0.1) is 3.79 Å². The average molecular weight is 375 g/mol. The topological polar surface area (TPSA) is 58.2 Å². The first kappa shape index (κ1) is 15.5. The van der Waals surface area contributed by atoms with Gasteiger partial charge in [-0.1, -0.05) is 25.1 Å². The minimum Gasteiger partial charge on any atom is -0.312 e. The highest BCUT2D eigenvalue weighted by atomic mass is 79.9. The molecule has 1 aromatic carbocycles. The molecule has 2 rings (SSSR count). The van der Waals surface area contributed by atoms with Gasteiger partial charge in [-0.15, -0.1) is 11.3 Å². The van der Waals surface area contributed by atoms with E-state index in [9.17, 15) is 8.42 Å². The number of hydrogen-bond acceptors (Lipinski definition) is 4. The molecule has 2 aromatic rings. The fourth-order valence-electron chi connectivity index (χ4n) is 1.63. The van der Waals surface area contributed by atoms with Gasteiger partial charge in [-0.2, -0.15) is 0 Å². The third kappa shape index (κ3) is 3.82. The minimum atomic E-state index is -3.56. The number of nitrogens with one attached hydrogen (secondary N) is 2. The van der Waals surface area contributed by atoms with Crippen LogP contribution in [0.25, 0.3) is 0 Å². The monoisotopic (exact) mass is 374 g/mol. The molecule has 20 heavy (non-hydrogen) atoms. The van der Waals surface area contributed by atoms with Gasteiger partial charge < -0.3 is 5.32 Å². The molecule has 0 amide bonds. The number of thiophene rings is 1. The van der Waals surface area contributed by atoms with Gasteiger partial charge in [0.15, 0.2) is 0 Å². The molecular weight excluding hydrogens is 360 g/mol. The van der Waals surface area contributed by atoms with E-state index in [1.807, 2.05) is 13.0 Å². The smallest absolute Gasteiger partial charge is 0.263 e. The Bertz CT molecular complexity index is 669. The zero-order valence-electron chi connectivity index (χ0n) is 10.9. The molecule has 0 atom stereocenters. The number of hydrogen-bond donors (Lipinski definition) is 2. The Balaban J connectivity index is 2.23. The van der Waals surface area contributed by atoms with Gasteiger partial charge in [0, 0.05) is 17.1 Å². The highest BCUT2D eigenvalue weighted by Gasteiger charge is 2.20. The average Bonchev–Trinajstić information content (AvgIpc) is 2.79. The highest BCUT2D eigenvalue weighted by molar-refractivity contribution is 9.11. The fourth-order valence-corrected chi connectivity index (χ4v) is 5.34. The Labute approximate surface area is 131 Å². The lowest BCUT2D eigenvalue weighted by Gasteiger charge is -2.06. The molecule has 0 aliphatic carbocycles. The van der Waals surface area contributed by atoms with Gasteiger partial charge >= 0.3 is 0 Å². The van der Waals surface area contributed by atoms with E-state index in [2.05, 4.69) is 26.0 Å². The van der Waals surface area contributed by atoms with Gasteiger partial charge in [-0.25, -0.2) is 8.42 Å². The summed E-state index contributed by atoms with van der Waals surface area (Å²) in [5, 5.41) is 3.18. The second-order valence-corrected chi connectivity index (χ2v) is 8.21. The number of halogens is 1. The van der Waals surface area contributed by atoms with Crippen molar-refractivity contribution in [2.24, 2.45) is 0 Å². The van der Waals surface area contributed by atoms with E-state index in [0.29, 0.717) is 16.0 Å². The third-order valence-electron chi connectivity index (χ3n) is 2.57. The summed E-state index contributed by atoms with van der Waals surface area (Å²) in [6.45, 7) is 3.53. The number of para-hydroxylation sites is 1. The summed E-state index contributed by atoms with van der Waals surface area (Å²) in [5.41, 5.74) is 0.554. The molecule has 0 spiro atoms. The van der Waals surface area contributed by atoms with Crippen LogP contribution < -0.4 is 10.0 Å². The molecule has 0 saturated heterocycles. The third-order valence-corrected chi connectivity index (χ3v) is 6.20. The lowest BCUT2D eigenvalue weighted by atomic mass is 10.3. The zero-order chi connectivity index (χ0) is 14.6. The second kappa shape index (κ2) is 6.71. The van der Waals surface area contributed by atoms with E-state index in [1.165, 1.54) is 11.3 Å². The molecule has 0 fully saturated rings. The van der Waals surface area contributed by atoms with Crippen LogP contribution in [0.1, 0.15) is 11.8 Å². The van der Waals surface area contributed by atoms with E-state index in [0.717, 1.165) is 11.4 Å². The van der Waals surface area contributed by atoms with Crippen LogP contribution in [0, 0.1) is 0 Å². The van der Waals surface area contributed by atoms with Crippen LogP contribution in [0.3, 0.4) is 0 Å². The number of benzene rings is 1. The maximum absolute atomic E-state index is 12.4. The first-order valence-electron chi connectivity index (χ1n) is 6.09. The maximum atomic E-state index is 12.4. The molecule has 1 aromatic heterocycles. The van der Waals surface area contributed by atoms with Crippen LogP contribution in [-0.2, 0) is 16.6 Å². The summed E-state index contributed by atoms with van der Waals surface area (Å²) in [7, 11) is -3.56. The Morgan fingerprint density at radius 3 is 2.60 bits per heavy atom. The minimum absolute atomic E-state index is 0.277. The van der Waals surface area contributed by atoms with E-state index >= 15 is 0 Å². The molecule has 0 bridgehead atoms. The van der Waals surface area contributed by atoms with Gasteiger partial charge in [0.2, 0.25) is 0 Å². The van der Waals surface area contributed by atoms with Crippen LogP contribution in [0.2, 0.25) is 0 Å². The normalized spacial score (nSPS) is 11.5. The van der Waals surface area contributed by atoms with Crippen LogP contribution in [-0.4, -0.2) is 15.0 Å².